The van der Waals surface area contributed by atoms with Gasteiger partial charge in [0.2, 0.25) is 10.0 Å². The molecule has 29 heavy (non-hydrogen) atoms. The second-order valence-corrected chi connectivity index (χ2v) is 9.61. The van der Waals surface area contributed by atoms with Crippen LogP contribution in [0.3, 0.4) is 0 Å². The Kier molecular flexibility index (Phi) is 6.25. The van der Waals surface area contributed by atoms with Crippen molar-refractivity contribution in [3.8, 4) is 5.75 Å². The first kappa shape index (κ1) is 21.7. The highest BCUT2D eigenvalue weighted by Crippen LogP contribution is 2.38. The molecule has 156 valence electrons. The van der Waals surface area contributed by atoms with Crippen molar-refractivity contribution in [1.29, 1.82) is 0 Å². The van der Waals surface area contributed by atoms with Gasteiger partial charge in [-0.25, -0.2) is 12.7 Å². The molecule has 1 amide bonds. The molecule has 0 atom stereocenters. The number of sulfonamides is 1. The lowest BCUT2D eigenvalue weighted by Gasteiger charge is -2.31. The van der Waals surface area contributed by atoms with E-state index in [9.17, 15) is 22.0 Å². The molecule has 10 heteroatoms. The quantitative estimate of drug-likeness (QED) is 0.640. The van der Waals surface area contributed by atoms with Crippen molar-refractivity contribution in [2.75, 3.05) is 25.5 Å². The van der Waals surface area contributed by atoms with Gasteiger partial charge in [0.15, 0.2) is 0 Å². The van der Waals surface area contributed by atoms with Gasteiger partial charge in [-0.3, -0.25) is 4.79 Å². The zero-order valence-corrected chi connectivity index (χ0v) is 18.1. The van der Waals surface area contributed by atoms with Crippen LogP contribution in [-0.2, 0) is 16.4 Å². The van der Waals surface area contributed by atoms with Crippen molar-refractivity contribution in [2.24, 2.45) is 0 Å². The normalized spacial score (nSPS) is 14.2. The predicted molar refractivity (Wildman–Crippen MR) is 108 cm³/mol. The molecule has 0 unspecified atom stereocenters. The van der Waals surface area contributed by atoms with E-state index >= 15 is 0 Å². The molecule has 0 saturated carbocycles. The molecular weight excluding hydrogens is 470 g/mol. The Morgan fingerprint density at radius 3 is 2.62 bits per heavy atom. The molecule has 1 heterocycles. The molecule has 0 N–H and O–H groups in total. The average molecular weight is 489 g/mol. The molecule has 0 aliphatic carbocycles. The van der Waals surface area contributed by atoms with Crippen LogP contribution in [0.4, 0.5) is 14.5 Å². The minimum atomic E-state index is -3.79. The maximum absolute atomic E-state index is 13.2. The van der Waals surface area contributed by atoms with Gasteiger partial charge in [0.1, 0.15) is 5.75 Å². The Morgan fingerprint density at radius 1 is 1.24 bits per heavy atom. The molecule has 2 aromatic carbocycles. The molecule has 3 rings (SSSR count). The van der Waals surface area contributed by atoms with Crippen molar-refractivity contribution >= 4 is 37.5 Å². The van der Waals surface area contributed by atoms with E-state index in [1.54, 1.807) is 12.1 Å². The van der Waals surface area contributed by atoms with E-state index in [0.29, 0.717) is 29.5 Å². The number of hydrogen-bond acceptors (Lipinski definition) is 4. The molecule has 0 bridgehead atoms. The van der Waals surface area contributed by atoms with Gasteiger partial charge in [0.05, 0.1) is 10.6 Å². The minimum absolute atomic E-state index is 0.0531. The lowest BCUT2D eigenvalue weighted by Crippen LogP contribution is -2.36. The van der Waals surface area contributed by atoms with Gasteiger partial charge in [-0.15, -0.1) is 0 Å². The van der Waals surface area contributed by atoms with Gasteiger partial charge < -0.3 is 9.64 Å². The van der Waals surface area contributed by atoms with Gasteiger partial charge in [-0.1, -0.05) is 12.1 Å². The zero-order valence-electron chi connectivity index (χ0n) is 15.7. The summed E-state index contributed by atoms with van der Waals surface area (Å²) in [5.74, 6) is -0.567. The Labute approximate surface area is 176 Å². The molecule has 1 aliphatic heterocycles. The van der Waals surface area contributed by atoms with E-state index in [0.717, 1.165) is 9.87 Å². The van der Waals surface area contributed by atoms with Gasteiger partial charge in [0.25, 0.3) is 5.91 Å². The van der Waals surface area contributed by atoms with Crippen LogP contribution in [0.2, 0.25) is 0 Å². The summed E-state index contributed by atoms with van der Waals surface area (Å²) in [4.78, 5) is 14.5. The first-order valence-corrected chi connectivity index (χ1v) is 11.0. The first-order chi connectivity index (χ1) is 13.6. The molecule has 0 saturated heterocycles. The third-order valence-electron chi connectivity index (χ3n) is 4.58. The molecular formula is C19H19BrF2N2O4S. The molecule has 0 aromatic heterocycles. The summed E-state index contributed by atoms with van der Waals surface area (Å²) in [5.41, 5.74) is 1.15. The third kappa shape index (κ3) is 4.29. The molecule has 0 radical (unpaired) electrons. The molecule has 1 aliphatic rings. The zero-order chi connectivity index (χ0) is 21.3. The number of hydrogen-bond donors (Lipinski definition) is 0. The number of halogens is 3. The van der Waals surface area contributed by atoms with Crippen molar-refractivity contribution in [2.45, 2.75) is 24.3 Å². The summed E-state index contributed by atoms with van der Waals surface area (Å²) in [5, 5.41) is 0. The van der Waals surface area contributed by atoms with E-state index < -0.39 is 22.5 Å². The topological polar surface area (TPSA) is 66.9 Å². The Morgan fingerprint density at radius 2 is 1.97 bits per heavy atom. The minimum Gasteiger partial charge on any atom is -0.433 e. The van der Waals surface area contributed by atoms with E-state index in [1.165, 1.54) is 43.3 Å². The SMILES string of the molecule is CN(C)S(=O)(=O)c1cc(C(=O)N2CCCc3cccc(OC(F)F)c32)ccc1Br. The highest BCUT2D eigenvalue weighted by molar-refractivity contribution is 9.10. The number of alkyl halides is 2. The van der Waals surface area contributed by atoms with Crippen LogP contribution in [0.25, 0.3) is 0 Å². The standard InChI is InChI=1S/C19H19BrF2N2O4S/c1-23(2)29(26,27)16-11-13(8-9-14(16)20)18(25)24-10-4-6-12-5-3-7-15(17(12)24)28-19(21)22/h3,5,7-9,11,19H,4,6,10H2,1-2H3. The van der Waals surface area contributed by atoms with Crippen LogP contribution in [0.1, 0.15) is 22.3 Å². The van der Waals surface area contributed by atoms with E-state index in [2.05, 4.69) is 20.7 Å². The number of fused-ring (bicyclic) bond motifs is 1. The number of carbonyl (C=O) groups is 1. The first-order valence-electron chi connectivity index (χ1n) is 8.73. The van der Waals surface area contributed by atoms with Crippen LogP contribution in [0, 0.1) is 0 Å². The molecule has 2 aromatic rings. The van der Waals surface area contributed by atoms with Crippen LogP contribution >= 0.6 is 15.9 Å². The molecule has 0 spiro atoms. The lowest BCUT2D eigenvalue weighted by atomic mass is 10.00. The Bertz CT molecular complexity index is 1040. The van der Waals surface area contributed by atoms with Crippen LogP contribution in [0.15, 0.2) is 45.8 Å². The van der Waals surface area contributed by atoms with Gasteiger partial charge in [-0.2, -0.15) is 8.78 Å². The summed E-state index contributed by atoms with van der Waals surface area (Å²) in [7, 11) is -0.999. The number of ether oxygens (including phenoxy) is 1. The van der Waals surface area contributed by atoms with Crippen molar-refractivity contribution in [3.05, 3.63) is 52.0 Å². The number of rotatable bonds is 5. The van der Waals surface area contributed by atoms with Crippen molar-refractivity contribution in [1.82, 2.24) is 4.31 Å². The highest BCUT2D eigenvalue weighted by atomic mass is 79.9. The van der Waals surface area contributed by atoms with Crippen LogP contribution in [-0.4, -0.2) is 45.9 Å². The number of carbonyl (C=O) groups excluding carboxylic acids is 1. The summed E-state index contributed by atoms with van der Waals surface area (Å²) >= 11 is 3.21. The van der Waals surface area contributed by atoms with Crippen molar-refractivity contribution in [3.63, 3.8) is 0 Å². The lowest BCUT2D eigenvalue weighted by molar-refractivity contribution is -0.0495. The predicted octanol–water partition coefficient (Wildman–Crippen LogP) is 3.89. The maximum atomic E-state index is 13.2. The number of para-hydroxylation sites is 1. The maximum Gasteiger partial charge on any atom is 0.387 e. The fourth-order valence-electron chi connectivity index (χ4n) is 3.20. The van der Waals surface area contributed by atoms with Crippen LogP contribution < -0.4 is 9.64 Å². The van der Waals surface area contributed by atoms with Crippen molar-refractivity contribution < 1.29 is 26.7 Å². The number of benzene rings is 2. The van der Waals surface area contributed by atoms with Crippen LogP contribution in [0.5, 0.6) is 5.75 Å². The van der Waals surface area contributed by atoms with E-state index in [-0.39, 0.29) is 16.2 Å². The summed E-state index contributed by atoms with van der Waals surface area (Å²) in [6.07, 6.45) is 1.27. The fourth-order valence-corrected chi connectivity index (χ4v) is 5.04. The van der Waals surface area contributed by atoms with E-state index in [4.69, 9.17) is 0 Å². The van der Waals surface area contributed by atoms with Gasteiger partial charge >= 0.3 is 6.61 Å². The molecule has 0 fully saturated rings. The summed E-state index contributed by atoms with van der Waals surface area (Å²) in [6.45, 7) is -2.72. The largest absolute Gasteiger partial charge is 0.433 e. The fraction of sp³-hybridized carbons (Fsp3) is 0.316. The van der Waals surface area contributed by atoms with E-state index in [1.807, 2.05) is 0 Å². The summed E-state index contributed by atoms with van der Waals surface area (Å²) < 4.78 is 56.8. The van der Waals surface area contributed by atoms with Gasteiger partial charge in [0, 0.05) is 30.7 Å². The Balaban J connectivity index is 2.06. The van der Waals surface area contributed by atoms with Gasteiger partial charge in [-0.05, 0) is 58.6 Å². The average Bonchev–Trinajstić information content (AvgIpc) is 2.67. The summed E-state index contributed by atoms with van der Waals surface area (Å²) in [6, 6.07) is 9.01. The number of amides is 1. The highest BCUT2D eigenvalue weighted by Gasteiger charge is 2.29. The number of anilines is 1. The Hall–Kier alpha value is -2.04. The second kappa shape index (κ2) is 8.37. The molecule has 6 nitrogen and oxygen atoms in total. The number of aryl methyl sites for hydroxylation is 1. The monoisotopic (exact) mass is 488 g/mol. The number of nitrogens with zero attached hydrogens (tertiary/aromatic N) is 2. The third-order valence-corrected chi connectivity index (χ3v) is 7.39. The second-order valence-electron chi connectivity index (χ2n) is 6.64. The smallest absolute Gasteiger partial charge is 0.387 e.